The minimum Gasteiger partial charge on any atom is -0.381 e. The predicted molar refractivity (Wildman–Crippen MR) is 81.5 cm³/mol. The summed E-state index contributed by atoms with van der Waals surface area (Å²) in [7, 11) is 0. The summed E-state index contributed by atoms with van der Waals surface area (Å²) in [5.74, 6) is 1.57. The summed E-state index contributed by atoms with van der Waals surface area (Å²) in [6.45, 7) is 6.80. The van der Waals surface area contributed by atoms with Gasteiger partial charge in [0.1, 0.15) is 0 Å². The first kappa shape index (κ1) is 12.5. The molecule has 1 aromatic carbocycles. The van der Waals surface area contributed by atoms with Gasteiger partial charge in [-0.1, -0.05) is 32.0 Å². The molecule has 3 atom stereocenters. The third kappa shape index (κ3) is 2.32. The number of para-hydroxylation sites is 1. The van der Waals surface area contributed by atoms with Crippen molar-refractivity contribution in [3.8, 4) is 0 Å². The first-order valence-electron chi connectivity index (χ1n) is 7.28. The lowest BCUT2D eigenvalue weighted by Crippen LogP contribution is -2.24. The van der Waals surface area contributed by atoms with Gasteiger partial charge in [-0.2, -0.15) is 0 Å². The fourth-order valence-electron chi connectivity index (χ4n) is 3.20. The number of anilines is 1. The number of aryl methyl sites for hydroxylation is 1. The molecule has 1 saturated carbocycles. The molecule has 0 bridgehead atoms. The summed E-state index contributed by atoms with van der Waals surface area (Å²) in [5.41, 5.74) is 3.41. The Balaban J connectivity index is 1.96. The van der Waals surface area contributed by atoms with E-state index in [4.69, 9.17) is 0 Å². The minimum atomic E-state index is 0.597. The van der Waals surface area contributed by atoms with E-state index in [2.05, 4.69) is 61.4 Å². The molecule has 3 unspecified atom stereocenters. The normalized spacial score (nSPS) is 26.8. The third-order valence-corrected chi connectivity index (χ3v) is 4.65. The van der Waals surface area contributed by atoms with E-state index in [9.17, 15) is 0 Å². The number of nitrogens with one attached hydrogen (secondary N) is 1. The van der Waals surface area contributed by atoms with Crippen molar-refractivity contribution in [2.24, 2.45) is 11.8 Å². The summed E-state index contributed by atoms with van der Waals surface area (Å²) in [4.78, 5) is 4.60. The van der Waals surface area contributed by atoms with Gasteiger partial charge in [0.2, 0.25) is 0 Å². The first-order chi connectivity index (χ1) is 9.15. The SMILES string of the molecule is Cc1cc(NC2CCC(C)C2C)c2ccccc2n1. The van der Waals surface area contributed by atoms with Gasteiger partial charge in [0, 0.05) is 22.8 Å². The van der Waals surface area contributed by atoms with Crippen molar-refractivity contribution in [3.05, 3.63) is 36.0 Å². The van der Waals surface area contributed by atoms with Crippen LogP contribution in [0, 0.1) is 18.8 Å². The van der Waals surface area contributed by atoms with Gasteiger partial charge in [0.05, 0.1) is 5.52 Å². The first-order valence-corrected chi connectivity index (χ1v) is 7.28. The molecule has 1 fully saturated rings. The van der Waals surface area contributed by atoms with Crippen molar-refractivity contribution < 1.29 is 0 Å². The van der Waals surface area contributed by atoms with Crippen LogP contribution in [-0.2, 0) is 0 Å². The Morgan fingerprint density at radius 3 is 2.68 bits per heavy atom. The average molecular weight is 254 g/mol. The molecule has 2 nitrogen and oxygen atoms in total. The van der Waals surface area contributed by atoms with E-state index in [0.29, 0.717) is 6.04 Å². The number of aromatic nitrogens is 1. The highest BCUT2D eigenvalue weighted by molar-refractivity contribution is 5.91. The molecule has 3 rings (SSSR count). The molecule has 0 saturated heterocycles. The lowest BCUT2D eigenvalue weighted by atomic mass is 9.97. The number of rotatable bonds is 2. The van der Waals surface area contributed by atoms with Crippen molar-refractivity contribution in [2.45, 2.75) is 39.7 Å². The number of nitrogens with zero attached hydrogens (tertiary/aromatic N) is 1. The molecule has 1 aromatic heterocycles. The molecule has 1 N–H and O–H groups in total. The second-order valence-corrected chi connectivity index (χ2v) is 5.99. The van der Waals surface area contributed by atoms with Crippen molar-refractivity contribution in [1.29, 1.82) is 0 Å². The Bertz CT molecular complexity index is 591. The van der Waals surface area contributed by atoms with Crippen LogP contribution in [0.4, 0.5) is 5.69 Å². The highest BCUT2D eigenvalue weighted by Crippen LogP contribution is 2.34. The van der Waals surface area contributed by atoms with Crippen LogP contribution >= 0.6 is 0 Å². The highest BCUT2D eigenvalue weighted by atomic mass is 14.9. The molecule has 0 radical (unpaired) electrons. The Morgan fingerprint density at radius 1 is 1.16 bits per heavy atom. The maximum Gasteiger partial charge on any atom is 0.0725 e. The summed E-state index contributed by atoms with van der Waals surface area (Å²) in [6.07, 6.45) is 2.61. The van der Waals surface area contributed by atoms with Gasteiger partial charge in [-0.25, -0.2) is 0 Å². The predicted octanol–water partition coefficient (Wildman–Crippen LogP) is 4.39. The lowest BCUT2D eigenvalue weighted by Gasteiger charge is -2.22. The quantitative estimate of drug-likeness (QED) is 0.859. The smallest absolute Gasteiger partial charge is 0.0725 e. The zero-order valence-corrected chi connectivity index (χ0v) is 12.0. The maximum absolute atomic E-state index is 4.60. The van der Waals surface area contributed by atoms with Gasteiger partial charge in [0.25, 0.3) is 0 Å². The Labute approximate surface area is 115 Å². The molecule has 0 aliphatic heterocycles. The molecule has 0 amide bonds. The van der Waals surface area contributed by atoms with Crippen LogP contribution in [0.5, 0.6) is 0 Å². The van der Waals surface area contributed by atoms with Crippen molar-refractivity contribution in [1.82, 2.24) is 4.98 Å². The van der Waals surface area contributed by atoms with Crippen molar-refractivity contribution in [3.63, 3.8) is 0 Å². The van der Waals surface area contributed by atoms with Gasteiger partial charge >= 0.3 is 0 Å². The number of hydrogen-bond donors (Lipinski definition) is 1. The van der Waals surface area contributed by atoms with Gasteiger partial charge in [-0.05, 0) is 43.7 Å². The highest BCUT2D eigenvalue weighted by Gasteiger charge is 2.29. The van der Waals surface area contributed by atoms with Gasteiger partial charge < -0.3 is 5.32 Å². The number of hydrogen-bond acceptors (Lipinski definition) is 2. The molecular weight excluding hydrogens is 232 g/mol. The van der Waals surface area contributed by atoms with Crippen molar-refractivity contribution >= 4 is 16.6 Å². The molecule has 19 heavy (non-hydrogen) atoms. The monoisotopic (exact) mass is 254 g/mol. The van der Waals surface area contributed by atoms with Crippen LogP contribution in [0.3, 0.4) is 0 Å². The van der Waals surface area contributed by atoms with Crippen molar-refractivity contribution in [2.75, 3.05) is 5.32 Å². The van der Waals surface area contributed by atoms with E-state index in [1.807, 2.05) is 0 Å². The minimum absolute atomic E-state index is 0.597. The third-order valence-electron chi connectivity index (χ3n) is 4.65. The number of pyridine rings is 1. The summed E-state index contributed by atoms with van der Waals surface area (Å²) in [5, 5.41) is 5.00. The van der Waals surface area contributed by atoms with E-state index in [1.165, 1.54) is 23.9 Å². The van der Waals surface area contributed by atoms with E-state index in [0.717, 1.165) is 23.0 Å². The summed E-state index contributed by atoms with van der Waals surface area (Å²) < 4.78 is 0. The molecular formula is C17H22N2. The summed E-state index contributed by atoms with van der Waals surface area (Å²) >= 11 is 0. The topological polar surface area (TPSA) is 24.9 Å². The summed E-state index contributed by atoms with van der Waals surface area (Å²) in [6, 6.07) is 11.2. The molecule has 100 valence electrons. The zero-order valence-electron chi connectivity index (χ0n) is 12.0. The number of fused-ring (bicyclic) bond motifs is 1. The lowest BCUT2D eigenvalue weighted by molar-refractivity contribution is 0.435. The van der Waals surface area contributed by atoms with E-state index >= 15 is 0 Å². The van der Waals surface area contributed by atoms with Crippen LogP contribution in [0.2, 0.25) is 0 Å². The molecule has 2 aromatic rings. The molecule has 1 aliphatic carbocycles. The van der Waals surface area contributed by atoms with Crippen LogP contribution < -0.4 is 5.32 Å². The van der Waals surface area contributed by atoms with Gasteiger partial charge in [-0.3, -0.25) is 4.98 Å². The Morgan fingerprint density at radius 2 is 1.95 bits per heavy atom. The van der Waals surface area contributed by atoms with Crippen LogP contribution in [0.25, 0.3) is 10.9 Å². The molecule has 1 heterocycles. The average Bonchev–Trinajstić information content (AvgIpc) is 2.70. The standard InChI is InChI=1S/C17H22N2/c1-11-8-9-15(13(11)3)19-17-10-12(2)18-16-7-5-4-6-14(16)17/h4-7,10-11,13,15H,8-9H2,1-3H3,(H,18,19). The maximum atomic E-state index is 4.60. The zero-order chi connectivity index (χ0) is 13.4. The largest absolute Gasteiger partial charge is 0.381 e. The van der Waals surface area contributed by atoms with Crippen LogP contribution in [-0.4, -0.2) is 11.0 Å². The second kappa shape index (κ2) is 4.84. The molecule has 2 heteroatoms. The molecule has 0 spiro atoms. The van der Waals surface area contributed by atoms with E-state index < -0.39 is 0 Å². The Kier molecular flexibility index (Phi) is 3.17. The van der Waals surface area contributed by atoms with E-state index in [-0.39, 0.29) is 0 Å². The van der Waals surface area contributed by atoms with Gasteiger partial charge in [-0.15, -0.1) is 0 Å². The van der Waals surface area contributed by atoms with Crippen LogP contribution in [0.15, 0.2) is 30.3 Å². The fourth-order valence-corrected chi connectivity index (χ4v) is 3.20. The number of benzene rings is 1. The van der Waals surface area contributed by atoms with E-state index in [1.54, 1.807) is 0 Å². The molecule has 1 aliphatic rings. The Hall–Kier alpha value is -1.57. The van der Waals surface area contributed by atoms with Crippen LogP contribution in [0.1, 0.15) is 32.4 Å². The van der Waals surface area contributed by atoms with Gasteiger partial charge in [0.15, 0.2) is 0 Å². The fraction of sp³-hybridized carbons (Fsp3) is 0.471. The second-order valence-electron chi connectivity index (χ2n) is 5.99.